The van der Waals surface area contributed by atoms with Crippen LogP contribution in [-0.4, -0.2) is 23.3 Å². The highest BCUT2D eigenvalue weighted by Crippen LogP contribution is 2.55. The summed E-state index contributed by atoms with van der Waals surface area (Å²) in [5, 5.41) is 7.75. The van der Waals surface area contributed by atoms with Crippen molar-refractivity contribution in [2.75, 3.05) is 0 Å². The molecule has 0 radical (unpaired) electrons. The lowest BCUT2D eigenvalue weighted by molar-refractivity contribution is -0.137. The van der Waals surface area contributed by atoms with Crippen molar-refractivity contribution in [2.24, 2.45) is 11.8 Å². The number of ether oxygens (including phenoxy) is 1. The summed E-state index contributed by atoms with van der Waals surface area (Å²) in [6.45, 7) is 0.270. The first-order valence-corrected chi connectivity index (χ1v) is 10.5. The monoisotopic (exact) mass is 404 g/mol. The maximum absolute atomic E-state index is 13.6. The van der Waals surface area contributed by atoms with E-state index in [1.165, 1.54) is 25.0 Å². The number of benzene rings is 1. The third-order valence-electron chi connectivity index (χ3n) is 7.13. The summed E-state index contributed by atoms with van der Waals surface area (Å²) in [4.78, 5) is 0. The number of hydrogen-bond donors (Lipinski definition) is 1. The van der Waals surface area contributed by atoms with Crippen molar-refractivity contribution >= 4 is 0 Å². The fraction of sp³-hybridized carbons (Fsp3) is 0.591. The van der Waals surface area contributed by atoms with Crippen LogP contribution in [0.4, 0.5) is 13.2 Å². The van der Waals surface area contributed by atoms with E-state index >= 15 is 0 Å². The Balaban J connectivity index is 1.29. The van der Waals surface area contributed by atoms with Gasteiger partial charge in [0.15, 0.2) is 0 Å². The smallest absolute Gasteiger partial charge is 0.373 e. The van der Waals surface area contributed by atoms with E-state index in [0.717, 1.165) is 25.3 Å². The number of nitrogens with zero attached hydrogens (tertiary/aromatic N) is 1. The molecule has 0 spiro atoms. The van der Waals surface area contributed by atoms with Crippen molar-refractivity contribution in [3.05, 3.63) is 41.2 Å². The zero-order valence-electron chi connectivity index (χ0n) is 15.9. The summed E-state index contributed by atoms with van der Waals surface area (Å²) < 4.78 is 52.5. The number of alkyl halides is 3. The summed E-state index contributed by atoms with van der Waals surface area (Å²) >= 11 is 0. The predicted octanol–water partition coefficient (Wildman–Crippen LogP) is 4.89. The minimum atomic E-state index is -4.44. The van der Waals surface area contributed by atoms with E-state index in [9.17, 15) is 13.2 Å². The van der Waals surface area contributed by atoms with E-state index in [2.05, 4.69) is 10.5 Å². The third-order valence-corrected chi connectivity index (χ3v) is 7.13. The van der Waals surface area contributed by atoms with E-state index in [1.807, 2.05) is 0 Å². The van der Waals surface area contributed by atoms with E-state index < -0.39 is 11.7 Å². The molecule has 2 aliphatic carbocycles. The molecule has 5 unspecified atom stereocenters. The van der Waals surface area contributed by atoms with E-state index in [-0.39, 0.29) is 29.9 Å². The quantitative estimate of drug-likeness (QED) is 0.771. The number of fused-ring (bicyclic) bond motifs is 4. The number of hydrogen-bond acceptors (Lipinski definition) is 4. The van der Waals surface area contributed by atoms with Crippen LogP contribution in [0.2, 0.25) is 0 Å². The molecule has 4 nitrogen and oxygen atoms in total. The average molecular weight is 404 g/mol. The molecular formula is C22H23F3N2O2. The Morgan fingerprint density at radius 3 is 2.76 bits per heavy atom. The molecule has 0 amide bonds. The summed E-state index contributed by atoms with van der Waals surface area (Å²) in [5.74, 6) is 2.10. The average Bonchev–Trinajstić information content (AvgIpc) is 3.58. The second-order valence-electron chi connectivity index (χ2n) is 8.99. The molecule has 3 heterocycles. The van der Waals surface area contributed by atoms with Crippen LogP contribution in [0.3, 0.4) is 0 Å². The van der Waals surface area contributed by atoms with Crippen molar-refractivity contribution in [2.45, 2.75) is 69.0 Å². The molecule has 2 bridgehead atoms. The van der Waals surface area contributed by atoms with Crippen molar-refractivity contribution in [3.63, 3.8) is 0 Å². The van der Waals surface area contributed by atoms with Gasteiger partial charge in [0.1, 0.15) is 11.5 Å². The van der Waals surface area contributed by atoms with Crippen LogP contribution in [0.1, 0.15) is 54.9 Å². The first-order chi connectivity index (χ1) is 14.0. The molecule has 5 atom stereocenters. The lowest BCUT2D eigenvalue weighted by Crippen LogP contribution is -2.35. The fourth-order valence-corrected chi connectivity index (χ4v) is 5.54. The molecule has 1 aromatic heterocycles. The van der Waals surface area contributed by atoms with Gasteiger partial charge in [-0.15, -0.1) is 0 Å². The summed E-state index contributed by atoms with van der Waals surface area (Å²) in [7, 11) is 0. The Labute approximate surface area is 166 Å². The van der Waals surface area contributed by atoms with Crippen LogP contribution in [-0.2, 0) is 17.5 Å². The summed E-state index contributed by atoms with van der Waals surface area (Å²) in [6.07, 6.45) is 1.34. The third kappa shape index (κ3) is 3.01. The van der Waals surface area contributed by atoms with Gasteiger partial charge >= 0.3 is 6.18 Å². The Morgan fingerprint density at radius 1 is 1.14 bits per heavy atom. The van der Waals surface area contributed by atoms with Crippen LogP contribution >= 0.6 is 0 Å². The van der Waals surface area contributed by atoms with Gasteiger partial charge in [-0.3, -0.25) is 0 Å². The molecule has 4 fully saturated rings. The molecule has 1 N–H and O–H groups in total. The second kappa shape index (κ2) is 6.32. The molecule has 29 heavy (non-hydrogen) atoms. The number of rotatable bonds is 5. The highest BCUT2D eigenvalue weighted by Gasteiger charge is 2.60. The van der Waals surface area contributed by atoms with Gasteiger partial charge in [-0.25, -0.2) is 0 Å². The minimum Gasteiger partial charge on any atom is -0.373 e. The Bertz CT molecular complexity index is 936. The van der Waals surface area contributed by atoms with Crippen LogP contribution in [0.5, 0.6) is 0 Å². The first-order valence-electron chi connectivity index (χ1n) is 10.5. The standard InChI is InChI=1S/C22H23F3N2O2/c23-22(24,25)16-4-2-1-3-13(16)19-15(20(29-27-19)11-5-6-11)10-28-21-14-9-12-7-8-17(26-12)18(14)21/h1-4,11-12,14,17-18,21,26H,5-10H2. The van der Waals surface area contributed by atoms with Crippen LogP contribution < -0.4 is 5.32 Å². The zero-order chi connectivity index (χ0) is 19.8. The molecule has 2 saturated heterocycles. The van der Waals surface area contributed by atoms with Crippen LogP contribution in [0, 0.1) is 11.8 Å². The number of nitrogens with one attached hydrogen (secondary N) is 1. The number of piperidine rings is 1. The van der Waals surface area contributed by atoms with Gasteiger partial charge in [-0.05, 0) is 44.1 Å². The van der Waals surface area contributed by atoms with Crippen molar-refractivity contribution in [3.8, 4) is 11.3 Å². The maximum atomic E-state index is 13.6. The van der Waals surface area contributed by atoms with Crippen molar-refractivity contribution < 1.29 is 22.4 Å². The zero-order valence-corrected chi connectivity index (χ0v) is 15.9. The molecule has 154 valence electrons. The molecular weight excluding hydrogens is 381 g/mol. The molecule has 1 aromatic carbocycles. The summed E-state index contributed by atoms with van der Waals surface area (Å²) in [6, 6.07) is 6.74. The van der Waals surface area contributed by atoms with E-state index in [0.29, 0.717) is 35.2 Å². The normalized spacial score (nSPS) is 33.0. The van der Waals surface area contributed by atoms with Gasteiger partial charge in [-0.2, -0.15) is 13.2 Å². The highest BCUT2D eigenvalue weighted by atomic mass is 19.4. The van der Waals surface area contributed by atoms with Gasteiger partial charge < -0.3 is 14.6 Å². The van der Waals surface area contributed by atoms with E-state index in [1.54, 1.807) is 6.07 Å². The predicted molar refractivity (Wildman–Crippen MR) is 99.0 cm³/mol. The molecule has 2 aromatic rings. The highest BCUT2D eigenvalue weighted by molar-refractivity contribution is 5.68. The fourth-order valence-electron chi connectivity index (χ4n) is 5.54. The molecule has 4 aliphatic rings. The van der Waals surface area contributed by atoms with E-state index in [4.69, 9.17) is 9.26 Å². The largest absolute Gasteiger partial charge is 0.417 e. The van der Waals surface area contributed by atoms with Gasteiger partial charge in [0.2, 0.25) is 0 Å². The lowest BCUT2D eigenvalue weighted by Gasteiger charge is -2.18. The number of aromatic nitrogens is 1. The van der Waals surface area contributed by atoms with Gasteiger partial charge in [0.05, 0.1) is 18.3 Å². The van der Waals surface area contributed by atoms with Crippen LogP contribution in [0.15, 0.2) is 28.8 Å². The molecule has 7 heteroatoms. The number of halogens is 3. The molecule has 2 saturated carbocycles. The minimum absolute atomic E-state index is 0.0724. The van der Waals surface area contributed by atoms with Gasteiger partial charge in [0.25, 0.3) is 0 Å². The Morgan fingerprint density at radius 2 is 1.97 bits per heavy atom. The Kier molecular flexibility index (Phi) is 3.91. The molecule has 2 aliphatic heterocycles. The summed E-state index contributed by atoms with van der Waals surface area (Å²) in [5.41, 5.74) is 0.371. The molecule has 6 rings (SSSR count). The SMILES string of the molecule is FC(F)(F)c1ccccc1-c1noc(C2CC2)c1COC1C2CC3CCC(N3)C21. The lowest BCUT2D eigenvalue weighted by atomic mass is 9.99. The van der Waals surface area contributed by atoms with Crippen molar-refractivity contribution in [1.82, 2.24) is 10.5 Å². The van der Waals surface area contributed by atoms with Crippen molar-refractivity contribution in [1.29, 1.82) is 0 Å². The first kappa shape index (κ1) is 18.0. The van der Waals surface area contributed by atoms with Gasteiger partial charge in [0, 0.05) is 35.0 Å². The Hall–Kier alpha value is -1.86. The maximum Gasteiger partial charge on any atom is 0.417 e. The van der Waals surface area contributed by atoms with Crippen LogP contribution in [0.25, 0.3) is 11.3 Å². The topological polar surface area (TPSA) is 47.3 Å². The second-order valence-corrected chi connectivity index (χ2v) is 8.99. The van der Waals surface area contributed by atoms with Gasteiger partial charge in [-0.1, -0.05) is 23.4 Å².